The normalized spacial score (nSPS) is 17.4. The summed E-state index contributed by atoms with van der Waals surface area (Å²) in [5.74, 6) is 1.59. The van der Waals surface area contributed by atoms with Gasteiger partial charge in [0.1, 0.15) is 6.04 Å². The van der Waals surface area contributed by atoms with E-state index in [-0.39, 0.29) is 18.3 Å². The van der Waals surface area contributed by atoms with Crippen molar-refractivity contribution < 1.29 is 14.3 Å². The van der Waals surface area contributed by atoms with Crippen LogP contribution in [0.3, 0.4) is 0 Å². The van der Waals surface area contributed by atoms with Crippen LogP contribution in [0.4, 0.5) is 0 Å². The van der Waals surface area contributed by atoms with Crippen molar-refractivity contribution in [1.29, 1.82) is 0 Å². The van der Waals surface area contributed by atoms with E-state index in [0.29, 0.717) is 18.5 Å². The van der Waals surface area contributed by atoms with Gasteiger partial charge in [-0.15, -0.1) is 0 Å². The van der Waals surface area contributed by atoms with Gasteiger partial charge < -0.3 is 14.4 Å². The summed E-state index contributed by atoms with van der Waals surface area (Å²) in [7, 11) is 0. The van der Waals surface area contributed by atoms with Crippen LogP contribution >= 0.6 is 11.5 Å². The molecule has 0 bridgehead atoms. The van der Waals surface area contributed by atoms with E-state index in [1.54, 1.807) is 3.96 Å². The third kappa shape index (κ3) is 3.46. The zero-order valence-corrected chi connectivity index (χ0v) is 17.6. The molecule has 1 aromatic heterocycles. The number of hydrogen-bond acceptors (Lipinski definition) is 6. The van der Waals surface area contributed by atoms with Crippen LogP contribution < -0.4 is 15.0 Å². The van der Waals surface area contributed by atoms with Gasteiger partial charge in [0.2, 0.25) is 12.7 Å². The molecule has 2 aliphatic heterocycles. The second-order valence-electron chi connectivity index (χ2n) is 7.68. The number of rotatable bonds is 4. The molecule has 3 aromatic rings. The lowest BCUT2D eigenvalue weighted by Gasteiger charge is -2.36. The molecule has 1 amide bonds. The quantitative estimate of drug-likeness (QED) is 0.643. The zero-order chi connectivity index (χ0) is 20.7. The van der Waals surface area contributed by atoms with Crippen LogP contribution in [0.25, 0.3) is 10.1 Å². The topological polar surface area (TPSA) is 64.0 Å². The molecule has 8 heteroatoms. The Morgan fingerprint density at radius 2 is 1.83 bits per heavy atom. The third-order valence-corrected chi connectivity index (χ3v) is 6.98. The third-order valence-electron chi connectivity index (χ3n) is 5.75. The van der Waals surface area contributed by atoms with Crippen molar-refractivity contribution in [3.05, 3.63) is 58.4 Å². The van der Waals surface area contributed by atoms with Crippen molar-refractivity contribution >= 4 is 27.5 Å². The summed E-state index contributed by atoms with van der Waals surface area (Å²) in [6.07, 6.45) is 0. The van der Waals surface area contributed by atoms with Crippen LogP contribution in [0.1, 0.15) is 18.5 Å². The van der Waals surface area contributed by atoms with Crippen molar-refractivity contribution in [1.82, 2.24) is 13.8 Å². The summed E-state index contributed by atoms with van der Waals surface area (Å²) in [6, 6.07) is 13.0. The first kappa shape index (κ1) is 19.1. The predicted octanol–water partition coefficient (Wildman–Crippen LogP) is 2.70. The monoisotopic (exact) mass is 425 g/mol. The van der Waals surface area contributed by atoms with Crippen LogP contribution in [0, 0.1) is 0 Å². The summed E-state index contributed by atoms with van der Waals surface area (Å²) >= 11 is 1.36. The van der Waals surface area contributed by atoms with Crippen LogP contribution in [-0.2, 0) is 11.3 Å². The molecule has 2 aromatic carbocycles. The highest BCUT2D eigenvalue weighted by atomic mass is 32.1. The summed E-state index contributed by atoms with van der Waals surface area (Å²) in [4.78, 5) is 29.9. The summed E-state index contributed by atoms with van der Waals surface area (Å²) in [5.41, 5.74) is 1.09. The standard InChI is InChI=1S/C22H23N3O4S/c1-15(25-22(27)17-4-2-3-5-20(17)30-25)21(26)24-10-8-23(9-11-24)13-16-6-7-18-19(12-16)29-14-28-18/h2-7,12,15H,8-11,13-14H2,1H3. The summed E-state index contributed by atoms with van der Waals surface area (Å²) < 4.78 is 13.3. The largest absolute Gasteiger partial charge is 0.454 e. The fourth-order valence-electron chi connectivity index (χ4n) is 4.03. The Balaban J connectivity index is 1.22. The minimum absolute atomic E-state index is 0.00591. The molecule has 0 radical (unpaired) electrons. The maximum absolute atomic E-state index is 13.0. The molecule has 0 N–H and O–H groups in total. The van der Waals surface area contributed by atoms with E-state index >= 15 is 0 Å². The van der Waals surface area contributed by atoms with Gasteiger partial charge in [0.15, 0.2) is 11.5 Å². The van der Waals surface area contributed by atoms with E-state index in [4.69, 9.17) is 9.47 Å². The Hall–Kier alpha value is -2.84. The molecule has 1 saturated heterocycles. The van der Waals surface area contributed by atoms with Gasteiger partial charge in [0.25, 0.3) is 5.56 Å². The molecule has 0 aliphatic carbocycles. The fraction of sp³-hybridized carbons (Fsp3) is 0.364. The summed E-state index contributed by atoms with van der Waals surface area (Å²) in [5, 5.41) is 0.677. The van der Waals surface area contributed by atoms with Crippen LogP contribution in [-0.4, -0.2) is 52.6 Å². The van der Waals surface area contributed by atoms with Crippen molar-refractivity contribution in [3.8, 4) is 11.5 Å². The predicted molar refractivity (Wildman–Crippen MR) is 115 cm³/mol. The molecule has 1 unspecified atom stereocenters. The van der Waals surface area contributed by atoms with E-state index in [0.717, 1.165) is 35.8 Å². The highest BCUT2D eigenvalue weighted by molar-refractivity contribution is 7.14. The van der Waals surface area contributed by atoms with Gasteiger partial charge in [-0.3, -0.25) is 18.4 Å². The lowest BCUT2D eigenvalue weighted by Crippen LogP contribution is -2.50. The number of nitrogens with zero attached hydrogens (tertiary/aromatic N) is 3. The van der Waals surface area contributed by atoms with E-state index in [2.05, 4.69) is 11.0 Å². The average molecular weight is 426 g/mol. The molecular weight excluding hydrogens is 402 g/mol. The number of carbonyl (C=O) groups excluding carboxylic acids is 1. The second kappa shape index (κ2) is 7.77. The van der Waals surface area contributed by atoms with Gasteiger partial charge in [-0.25, -0.2) is 0 Å². The number of ether oxygens (including phenoxy) is 2. The Kier molecular flexibility index (Phi) is 4.96. The molecule has 156 valence electrons. The van der Waals surface area contributed by atoms with Gasteiger partial charge in [-0.1, -0.05) is 29.7 Å². The van der Waals surface area contributed by atoms with Crippen molar-refractivity contribution in [2.45, 2.75) is 19.5 Å². The smallest absolute Gasteiger partial charge is 0.269 e. The van der Waals surface area contributed by atoms with Crippen molar-refractivity contribution in [2.75, 3.05) is 33.0 Å². The van der Waals surface area contributed by atoms with Gasteiger partial charge in [-0.05, 0) is 36.8 Å². The molecule has 30 heavy (non-hydrogen) atoms. The maximum Gasteiger partial charge on any atom is 0.269 e. The van der Waals surface area contributed by atoms with Gasteiger partial charge >= 0.3 is 0 Å². The molecule has 3 heterocycles. The number of piperazine rings is 1. The second-order valence-corrected chi connectivity index (χ2v) is 8.70. The lowest BCUT2D eigenvalue weighted by molar-refractivity contribution is -0.135. The Bertz CT molecular complexity index is 1150. The lowest BCUT2D eigenvalue weighted by atomic mass is 10.1. The first-order valence-electron chi connectivity index (χ1n) is 10.1. The number of hydrogen-bond donors (Lipinski definition) is 0. The molecule has 0 spiro atoms. The van der Waals surface area contributed by atoms with Crippen molar-refractivity contribution in [3.63, 3.8) is 0 Å². The first-order chi connectivity index (χ1) is 14.6. The molecule has 0 saturated carbocycles. The SMILES string of the molecule is CC(C(=O)N1CCN(Cc2ccc3c(c2)OCO3)CC1)n1sc2ccccc2c1=O. The van der Waals surface area contributed by atoms with Gasteiger partial charge in [-0.2, -0.15) is 0 Å². The molecule has 1 atom stereocenters. The van der Waals surface area contributed by atoms with Crippen LogP contribution in [0.2, 0.25) is 0 Å². The highest BCUT2D eigenvalue weighted by Gasteiger charge is 2.28. The van der Waals surface area contributed by atoms with Crippen LogP contribution in [0.5, 0.6) is 11.5 Å². The van der Waals surface area contributed by atoms with Gasteiger partial charge in [0.05, 0.1) is 10.1 Å². The van der Waals surface area contributed by atoms with E-state index < -0.39 is 6.04 Å². The Labute approximate surface area is 178 Å². The minimum Gasteiger partial charge on any atom is -0.454 e. The molecule has 7 nitrogen and oxygen atoms in total. The van der Waals surface area contributed by atoms with Gasteiger partial charge in [0, 0.05) is 32.7 Å². The van der Waals surface area contributed by atoms with E-state index in [1.165, 1.54) is 17.1 Å². The average Bonchev–Trinajstić information content (AvgIpc) is 3.37. The number of aromatic nitrogens is 1. The van der Waals surface area contributed by atoms with E-state index in [9.17, 15) is 9.59 Å². The van der Waals surface area contributed by atoms with Crippen molar-refractivity contribution in [2.24, 2.45) is 0 Å². The molecule has 5 rings (SSSR count). The maximum atomic E-state index is 13.0. The Morgan fingerprint density at radius 1 is 1.07 bits per heavy atom. The number of amides is 1. The zero-order valence-electron chi connectivity index (χ0n) is 16.7. The number of benzene rings is 2. The summed E-state index contributed by atoms with van der Waals surface area (Å²) in [6.45, 7) is 5.83. The number of carbonyl (C=O) groups is 1. The molecule has 1 fully saturated rings. The van der Waals surface area contributed by atoms with E-state index in [1.807, 2.05) is 48.2 Å². The molecule has 2 aliphatic rings. The first-order valence-corrected chi connectivity index (χ1v) is 10.9. The minimum atomic E-state index is -0.490. The highest BCUT2D eigenvalue weighted by Crippen LogP contribution is 2.33. The van der Waals surface area contributed by atoms with Crippen LogP contribution in [0.15, 0.2) is 47.3 Å². The Morgan fingerprint density at radius 3 is 2.63 bits per heavy atom. The molecular formula is C22H23N3O4S. The number of fused-ring (bicyclic) bond motifs is 2. The fourth-order valence-corrected chi connectivity index (χ4v) is 5.07.